The van der Waals surface area contributed by atoms with E-state index in [2.05, 4.69) is 20.8 Å². The lowest BCUT2D eigenvalue weighted by Gasteiger charge is -2.16. The maximum absolute atomic E-state index is 12.0. The first-order chi connectivity index (χ1) is 9.49. The van der Waals surface area contributed by atoms with Crippen LogP contribution in [0.25, 0.3) is 5.69 Å². The van der Waals surface area contributed by atoms with Crippen LogP contribution in [-0.2, 0) is 4.79 Å². The number of carbonyl (C=O) groups is 1. The molecule has 0 aliphatic heterocycles. The summed E-state index contributed by atoms with van der Waals surface area (Å²) in [5.41, 5.74) is 8.30. The van der Waals surface area contributed by atoms with E-state index in [-0.39, 0.29) is 24.2 Å². The van der Waals surface area contributed by atoms with Crippen molar-refractivity contribution in [3.8, 4) is 5.69 Å². The molecule has 1 atom stereocenters. The molecule has 0 spiro atoms. The third kappa shape index (κ3) is 3.99. The Balaban J connectivity index is 0.00000220. The Morgan fingerprint density at radius 3 is 2.67 bits per heavy atom. The highest BCUT2D eigenvalue weighted by molar-refractivity contribution is 5.95. The number of aromatic nitrogens is 4. The molecule has 2 rings (SSSR count). The summed E-state index contributed by atoms with van der Waals surface area (Å²) in [5.74, 6) is -0.119. The zero-order valence-electron chi connectivity index (χ0n) is 12.1. The number of halogens is 1. The molecule has 7 nitrogen and oxygen atoms in total. The molecule has 21 heavy (non-hydrogen) atoms. The predicted molar refractivity (Wildman–Crippen MR) is 82.6 cm³/mol. The first-order valence-electron chi connectivity index (χ1n) is 6.39. The van der Waals surface area contributed by atoms with Gasteiger partial charge in [0.1, 0.15) is 6.33 Å². The minimum absolute atomic E-state index is 0. The van der Waals surface area contributed by atoms with Crippen LogP contribution in [0.1, 0.15) is 19.4 Å². The molecule has 1 heterocycles. The first kappa shape index (κ1) is 17.1. The number of hydrogen-bond acceptors (Lipinski definition) is 5. The number of tetrazole rings is 1. The lowest BCUT2D eigenvalue weighted by atomic mass is 10.0. The van der Waals surface area contributed by atoms with Crippen LogP contribution >= 0.6 is 12.4 Å². The number of hydrogen-bond donors (Lipinski definition) is 2. The summed E-state index contributed by atoms with van der Waals surface area (Å²) in [6.45, 7) is 5.76. The minimum atomic E-state index is -0.534. The Morgan fingerprint density at radius 2 is 2.10 bits per heavy atom. The standard InChI is InChI=1S/C13H18N6O.ClH/c1-8(2)12(14)13(20)16-10-5-4-9(3)11(6-10)19-7-15-17-18-19;/h4-8,12H,14H2,1-3H3,(H,16,20);1H/t12-;/m1./s1. The number of nitrogens with zero attached hydrogens (tertiary/aromatic N) is 4. The average Bonchev–Trinajstić information content (AvgIpc) is 2.93. The Labute approximate surface area is 129 Å². The summed E-state index contributed by atoms with van der Waals surface area (Å²) in [5, 5.41) is 13.9. The SMILES string of the molecule is Cc1ccc(NC(=O)[C@H](N)C(C)C)cc1-n1cnnn1.Cl. The summed E-state index contributed by atoms with van der Waals surface area (Å²) in [6.07, 6.45) is 1.51. The van der Waals surface area contributed by atoms with E-state index in [1.807, 2.05) is 39.0 Å². The quantitative estimate of drug-likeness (QED) is 0.887. The first-order valence-corrected chi connectivity index (χ1v) is 6.39. The number of rotatable bonds is 4. The monoisotopic (exact) mass is 310 g/mol. The van der Waals surface area contributed by atoms with Crippen molar-refractivity contribution in [2.24, 2.45) is 11.7 Å². The van der Waals surface area contributed by atoms with E-state index in [1.54, 1.807) is 4.68 Å². The van der Waals surface area contributed by atoms with Crippen molar-refractivity contribution in [2.75, 3.05) is 5.32 Å². The fourth-order valence-corrected chi connectivity index (χ4v) is 1.73. The molecule has 1 aromatic carbocycles. The zero-order valence-corrected chi connectivity index (χ0v) is 13.0. The molecule has 1 aromatic heterocycles. The maximum atomic E-state index is 12.0. The van der Waals surface area contributed by atoms with Crippen LogP contribution in [0.5, 0.6) is 0 Å². The highest BCUT2D eigenvalue weighted by Gasteiger charge is 2.17. The lowest BCUT2D eigenvalue weighted by molar-refractivity contribution is -0.118. The summed E-state index contributed by atoms with van der Waals surface area (Å²) >= 11 is 0. The number of nitrogens with two attached hydrogens (primary N) is 1. The highest BCUT2D eigenvalue weighted by Crippen LogP contribution is 2.18. The van der Waals surface area contributed by atoms with Gasteiger partial charge in [0.05, 0.1) is 11.7 Å². The van der Waals surface area contributed by atoms with E-state index in [4.69, 9.17) is 5.73 Å². The Kier molecular flexibility index (Phi) is 5.80. The lowest BCUT2D eigenvalue weighted by Crippen LogP contribution is -2.39. The molecule has 0 saturated heterocycles. The van der Waals surface area contributed by atoms with Crippen molar-refractivity contribution >= 4 is 24.0 Å². The topological polar surface area (TPSA) is 98.7 Å². The Morgan fingerprint density at radius 1 is 1.38 bits per heavy atom. The third-order valence-electron chi connectivity index (χ3n) is 3.09. The molecule has 114 valence electrons. The smallest absolute Gasteiger partial charge is 0.241 e. The molecule has 0 saturated carbocycles. The van der Waals surface area contributed by atoms with E-state index >= 15 is 0 Å². The van der Waals surface area contributed by atoms with Gasteiger partial charge in [-0.25, -0.2) is 4.68 Å². The number of carbonyl (C=O) groups excluding carboxylic acids is 1. The molecule has 0 aliphatic carbocycles. The zero-order chi connectivity index (χ0) is 14.7. The van der Waals surface area contributed by atoms with Gasteiger partial charge in [-0.1, -0.05) is 19.9 Å². The second-order valence-corrected chi connectivity index (χ2v) is 5.01. The van der Waals surface area contributed by atoms with E-state index in [0.29, 0.717) is 5.69 Å². The second kappa shape index (κ2) is 7.14. The average molecular weight is 311 g/mol. The van der Waals surface area contributed by atoms with Crippen LogP contribution < -0.4 is 11.1 Å². The van der Waals surface area contributed by atoms with Crippen molar-refractivity contribution in [2.45, 2.75) is 26.8 Å². The molecule has 3 N–H and O–H groups in total. The van der Waals surface area contributed by atoms with Crippen LogP contribution in [0.3, 0.4) is 0 Å². The fourth-order valence-electron chi connectivity index (χ4n) is 1.73. The molecule has 1 amide bonds. The molecule has 0 unspecified atom stereocenters. The largest absolute Gasteiger partial charge is 0.325 e. The van der Waals surface area contributed by atoms with E-state index in [1.165, 1.54) is 6.33 Å². The number of anilines is 1. The van der Waals surface area contributed by atoms with Crippen LogP contribution in [-0.4, -0.2) is 32.2 Å². The van der Waals surface area contributed by atoms with Crippen LogP contribution in [0, 0.1) is 12.8 Å². The van der Waals surface area contributed by atoms with Gasteiger partial charge in [-0.3, -0.25) is 4.79 Å². The molecule has 8 heteroatoms. The van der Waals surface area contributed by atoms with Gasteiger partial charge in [0, 0.05) is 5.69 Å². The third-order valence-corrected chi connectivity index (χ3v) is 3.09. The Hall–Kier alpha value is -1.99. The van der Waals surface area contributed by atoms with Gasteiger partial charge in [-0.2, -0.15) is 0 Å². The predicted octanol–water partition coefficient (Wildman–Crippen LogP) is 1.31. The number of aryl methyl sites for hydroxylation is 1. The van der Waals surface area contributed by atoms with Gasteiger partial charge in [0.15, 0.2) is 0 Å². The fraction of sp³-hybridized carbons (Fsp3) is 0.385. The maximum Gasteiger partial charge on any atom is 0.241 e. The molecule has 0 fully saturated rings. The van der Waals surface area contributed by atoms with Gasteiger partial charge in [0.2, 0.25) is 5.91 Å². The van der Waals surface area contributed by atoms with Gasteiger partial charge in [-0.15, -0.1) is 17.5 Å². The Bertz CT molecular complexity index is 599. The van der Waals surface area contributed by atoms with Gasteiger partial charge in [-0.05, 0) is 41.0 Å². The number of nitrogens with one attached hydrogen (secondary N) is 1. The number of amides is 1. The summed E-state index contributed by atoms with van der Waals surface area (Å²) < 4.78 is 1.55. The van der Waals surface area contributed by atoms with Crippen molar-refractivity contribution in [3.05, 3.63) is 30.1 Å². The molecular formula is C13H19ClN6O. The molecule has 0 bridgehead atoms. The van der Waals surface area contributed by atoms with E-state index in [0.717, 1.165) is 11.3 Å². The summed E-state index contributed by atoms with van der Waals surface area (Å²) in [6, 6.07) is 5.01. The van der Waals surface area contributed by atoms with Crippen molar-refractivity contribution < 1.29 is 4.79 Å². The van der Waals surface area contributed by atoms with Crippen LogP contribution in [0.15, 0.2) is 24.5 Å². The van der Waals surface area contributed by atoms with E-state index in [9.17, 15) is 4.79 Å². The minimum Gasteiger partial charge on any atom is -0.325 e. The second-order valence-electron chi connectivity index (χ2n) is 5.01. The van der Waals surface area contributed by atoms with Gasteiger partial charge in [0.25, 0.3) is 0 Å². The van der Waals surface area contributed by atoms with Crippen LogP contribution in [0.2, 0.25) is 0 Å². The molecular weight excluding hydrogens is 292 g/mol. The van der Waals surface area contributed by atoms with Crippen molar-refractivity contribution in [3.63, 3.8) is 0 Å². The summed E-state index contributed by atoms with van der Waals surface area (Å²) in [7, 11) is 0. The van der Waals surface area contributed by atoms with E-state index < -0.39 is 6.04 Å². The van der Waals surface area contributed by atoms with Crippen molar-refractivity contribution in [1.82, 2.24) is 20.2 Å². The number of benzene rings is 1. The van der Waals surface area contributed by atoms with Gasteiger partial charge >= 0.3 is 0 Å². The normalized spacial score (nSPS) is 11.9. The van der Waals surface area contributed by atoms with Gasteiger partial charge < -0.3 is 11.1 Å². The highest BCUT2D eigenvalue weighted by atomic mass is 35.5. The molecule has 2 aromatic rings. The molecule has 0 aliphatic rings. The summed E-state index contributed by atoms with van der Waals surface area (Å²) in [4.78, 5) is 12.0. The van der Waals surface area contributed by atoms with Crippen molar-refractivity contribution in [1.29, 1.82) is 0 Å². The molecule has 0 radical (unpaired) electrons. The van der Waals surface area contributed by atoms with Crippen LogP contribution in [0.4, 0.5) is 5.69 Å².